The highest BCUT2D eigenvalue weighted by Crippen LogP contribution is 2.55. The maximum absolute atomic E-state index is 3.89. The van der Waals surface area contributed by atoms with Crippen LogP contribution in [0.3, 0.4) is 0 Å². The van der Waals surface area contributed by atoms with Gasteiger partial charge in [-0.15, -0.1) is 0 Å². The van der Waals surface area contributed by atoms with Crippen LogP contribution in [0.25, 0.3) is 0 Å². The number of hydrogen-bond acceptors (Lipinski definition) is 1. The third kappa shape index (κ3) is 1.89. The van der Waals surface area contributed by atoms with Gasteiger partial charge in [-0.3, -0.25) is 0 Å². The summed E-state index contributed by atoms with van der Waals surface area (Å²) in [7, 11) is 0. The van der Waals surface area contributed by atoms with Crippen molar-refractivity contribution in [2.24, 2.45) is 0 Å². The number of fused-ring (bicyclic) bond motifs is 2. The number of aryl methyl sites for hydroxylation is 1. The molecule has 0 amide bonds. The molecule has 0 heterocycles. The summed E-state index contributed by atoms with van der Waals surface area (Å²) < 4.78 is 0. The van der Waals surface area contributed by atoms with E-state index in [0.29, 0.717) is 11.5 Å². The topological polar surface area (TPSA) is 12.0 Å². The minimum Gasteiger partial charge on any atom is -0.310 e. The van der Waals surface area contributed by atoms with Gasteiger partial charge in [0.05, 0.1) is 0 Å². The van der Waals surface area contributed by atoms with Crippen LogP contribution >= 0.6 is 0 Å². The molecule has 2 aliphatic carbocycles. The van der Waals surface area contributed by atoms with Crippen molar-refractivity contribution >= 4 is 0 Å². The Morgan fingerprint density at radius 3 is 2.83 bits per heavy atom. The molecular weight excluding hydrogens is 218 g/mol. The minimum atomic E-state index is 0.497. The Balaban J connectivity index is 1.79. The molecule has 18 heavy (non-hydrogen) atoms. The largest absolute Gasteiger partial charge is 0.310 e. The highest BCUT2D eigenvalue weighted by molar-refractivity contribution is 5.44. The van der Waals surface area contributed by atoms with Crippen LogP contribution in [0.1, 0.15) is 57.1 Å². The lowest BCUT2D eigenvalue weighted by molar-refractivity contribution is 0.430. The first-order valence-corrected chi connectivity index (χ1v) is 7.64. The second kappa shape index (κ2) is 4.70. The smallest absolute Gasteiger partial charge is 0.0176 e. The zero-order valence-electron chi connectivity index (χ0n) is 11.7. The van der Waals surface area contributed by atoms with Crippen molar-refractivity contribution in [3.63, 3.8) is 0 Å². The Hall–Kier alpha value is -0.820. The maximum atomic E-state index is 3.89. The molecule has 98 valence electrons. The predicted octanol–water partition coefficient (Wildman–Crippen LogP) is 3.81. The van der Waals surface area contributed by atoms with Gasteiger partial charge in [-0.1, -0.05) is 38.1 Å². The van der Waals surface area contributed by atoms with Crippen LogP contribution in [0.5, 0.6) is 0 Å². The van der Waals surface area contributed by atoms with Crippen molar-refractivity contribution in [1.29, 1.82) is 0 Å². The fourth-order valence-corrected chi connectivity index (χ4v) is 3.86. The molecule has 2 atom stereocenters. The average molecular weight is 243 g/mol. The van der Waals surface area contributed by atoms with Crippen LogP contribution in [0, 0.1) is 0 Å². The van der Waals surface area contributed by atoms with E-state index in [0.717, 1.165) is 6.04 Å². The highest BCUT2D eigenvalue weighted by Gasteiger charge is 2.56. The molecule has 3 rings (SSSR count). The molecule has 1 spiro atoms. The van der Waals surface area contributed by atoms with E-state index in [1.165, 1.54) is 38.5 Å². The fraction of sp³-hybridized carbons (Fsp3) is 0.647. The molecule has 2 aliphatic rings. The van der Waals surface area contributed by atoms with Gasteiger partial charge in [0, 0.05) is 17.5 Å². The summed E-state index contributed by atoms with van der Waals surface area (Å²) in [5.74, 6) is 0. The molecule has 2 unspecified atom stereocenters. The number of benzene rings is 1. The fourth-order valence-electron chi connectivity index (χ4n) is 3.86. The van der Waals surface area contributed by atoms with Crippen LogP contribution in [0.4, 0.5) is 0 Å². The van der Waals surface area contributed by atoms with Gasteiger partial charge >= 0.3 is 0 Å². The summed E-state index contributed by atoms with van der Waals surface area (Å²) in [4.78, 5) is 0. The predicted molar refractivity (Wildman–Crippen MR) is 77.0 cm³/mol. The Kier molecular flexibility index (Phi) is 3.19. The lowest BCUT2D eigenvalue weighted by Crippen LogP contribution is -2.35. The zero-order valence-corrected chi connectivity index (χ0v) is 11.7. The van der Waals surface area contributed by atoms with Gasteiger partial charge in [0.1, 0.15) is 0 Å². The average Bonchev–Trinajstić information content (AvgIpc) is 3.10. The van der Waals surface area contributed by atoms with Crippen molar-refractivity contribution in [3.8, 4) is 0 Å². The van der Waals surface area contributed by atoms with Crippen molar-refractivity contribution in [2.75, 3.05) is 0 Å². The molecule has 1 fully saturated rings. The molecule has 1 aromatic rings. The number of nitrogens with one attached hydrogen (secondary N) is 1. The van der Waals surface area contributed by atoms with E-state index in [9.17, 15) is 0 Å². The molecule has 0 saturated heterocycles. The second-order valence-corrected chi connectivity index (χ2v) is 6.10. The lowest BCUT2D eigenvalue weighted by Gasteiger charge is -2.28. The van der Waals surface area contributed by atoms with Crippen LogP contribution in [-0.4, -0.2) is 12.1 Å². The second-order valence-electron chi connectivity index (χ2n) is 6.10. The molecule has 0 bridgehead atoms. The molecule has 1 heteroatoms. The molecule has 0 aliphatic heterocycles. The van der Waals surface area contributed by atoms with E-state index in [2.05, 4.69) is 43.4 Å². The normalized spacial score (nSPS) is 29.6. The minimum absolute atomic E-state index is 0.497. The lowest BCUT2D eigenvalue weighted by atomic mass is 9.79. The Morgan fingerprint density at radius 1 is 1.28 bits per heavy atom. The van der Waals surface area contributed by atoms with Gasteiger partial charge in [0.2, 0.25) is 0 Å². The maximum Gasteiger partial charge on any atom is 0.0176 e. The Labute approximate surface area is 111 Å². The van der Waals surface area contributed by atoms with Crippen molar-refractivity contribution in [3.05, 3.63) is 35.4 Å². The van der Waals surface area contributed by atoms with Gasteiger partial charge in [0.15, 0.2) is 0 Å². The van der Waals surface area contributed by atoms with Gasteiger partial charge in [-0.05, 0) is 49.7 Å². The summed E-state index contributed by atoms with van der Waals surface area (Å²) in [5.41, 5.74) is 3.76. The summed E-state index contributed by atoms with van der Waals surface area (Å²) in [6.45, 7) is 4.59. The molecule has 1 N–H and O–H groups in total. The molecule has 1 aromatic carbocycles. The summed E-state index contributed by atoms with van der Waals surface area (Å²) in [5, 5.41) is 3.89. The first-order valence-electron chi connectivity index (χ1n) is 7.64. The van der Waals surface area contributed by atoms with Crippen LogP contribution < -0.4 is 5.32 Å². The first-order chi connectivity index (χ1) is 8.80. The van der Waals surface area contributed by atoms with Crippen LogP contribution in [0.15, 0.2) is 24.3 Å². The van der Waals surface area contributed by atoms with Gasteiger partial charge < -0.3 is 5.32 Å². The van der Waals surface area contributed by atoms with E-state index in [4.69, 9.17) is 0 Å². The monoisotopic (exact) mass is 243 g/mol. The van der Waals surface area contributed by atoms with Crippen LogP contribution in [-0.2, 0) is 11.8 Å². The molecular formula is C17H25N. The van der Waals surface area contributed by atoms with E-state index in [1.807, 2.05) is 0 Å². The number of hydrogen-bond donors (Lipinski definition) is 1. The van der Waals surface area contributed by atoms with Gasteiger partial charge in [-0.25, -0.2) is 0 Å². The van der Waals surface area contributed by atoms with E-state index < -0.39 is 0 Å². The first kappa shape index (κ1) is 12.2. The Morgan fingerprint density at radius 2 is 2.06 bits per heavy atom. The van der Waals surface area contributed by atoms with Crippen molar-refractivity contribution < 1.29 is 0 Å². The SMILES string of the molecule is CCC(CC)NC1CC12CCCc1ccccc12. The molecule has 1 nitrogen and oxygen atoms in total. The third-order valence-corrected chi connectivity index (χ3v) is 5.12. The highest BCUT2D eigenvalue weighted by atomic mass is 15.0. The molecule has 1 saturated carbocycles. The van der Waals surface area contributed by atoms with Gasteiger partial charge in [-0.2, -0.15) is 0 Å². The van der Waals surface area contributed by atoms with E-state index in [-0.39, 0.29) is 0 Å². The van der Waals surface area contributed by atoms with Crippen molar-refractivity contribution in [1.82, 2.24) is 5.32 Å². The zero-order chi connectivity index (χ0) is 12.6. The van der Waals surface area contributed by atoms with E-state index in [1.54, 1.807) is 11.1 Å². The van der Waals surface area contributed by atoms with E-state index >= 15 is 0 Å². The third-order valence-electron chi connectivity index (χ3n) is 5.12. The molecule has 0 aromatic heterocycles. The summed E-state index contributed by atoms with van der Waals surface area (Å²) in [6.07, 6.45) is 7.92. The van der Waals surface area contributed by atoms with Crippen LogP contribution in [0.2, 0.25) is 0 Å². The van der Waals surface area contributed by atoms with Crippen molar-refractivity contribution in [2.45, 2.75) is 69.9 Å². The standard InChI is InChI=1S/C17H25N/c1-3-14(4-2)18-16-12-17(16)11-7-9-13-8-5-6-10-15(13)17/h5-6,8,10,14,16,18H,3-4,7,9,11-12H2,1-2H3. The molecule has 0 radical (unpaired) electrons. The summed E-state index contributed by atoms with van der Waals surface area (Å²) in [6, 6.07) is 10.6. The summed E-state index contributed by atoms with van der Waals surface area (Å²) >= 11 is 0. The van der Waals surface area contributed by atoms with Gasteiger partial charge in [0.25, 0.3) is 0 Å². The number of rotatable bonds is 4. The quantitative estimate of drug-likeness (QED) is 0.848. The Bertz CT molecular complexity index is 421.